The second kappa shape index (κ2) is 5.64. The van der Waals surface area contributed by atoms with Crippen molar-refractivity contribution in [1.82, 2.24) is 14.8 Å². The number of halogens is 1. The van der Waals surface area contributed by atoms with Crippen molar-refractivity contribution in [3.63, 3.8) is 0 Å². The van der Waals surface area contributed by atoms with Crippen molar-refractivity contribution in [1.29, 1.82) is 0 Å². The van der Waals surface area contributed by atoms with E-state index in [1.807, 2.05) is 23.1 Å². The first kappa shape index (κ1) is 15.2. The highest BCUT2D eigenvalue weighted by atomic mass is 79.9. The Balaban J connectivity index is 1.69. The number of aryl methyl sites for hydroxylation is 1. The number of hydrogen-bond donors (Lipinski definition) is 0. The second-order valence-corrected chi connectivity index (χ2v) is 10.1. The van der Waals surface area contributed by atoms with E-state index in [-0.39, 0.29) is 0 Å². The summed E-state index contributed by atoms with van der Waals surface area (Å²) >= 11 is 7.40. The minimum Gasteiger partial charge on any atom is -0.255 e. The van der Waals surface area contributed by atoms with Gasteiger partial charge in [-0.25, -0.2) is 0 Å². The Morgan fingerprint density at radius 3 is 2.73 bits per heavy atom. The van der Waals surface area contributed by atoms with Gasteiger partial charge in [0.15, 0.2) is 5.16 Å². The molecule has 0 saturated heterocycles. The molecule has 2 aliphatic carbocycles. The van der Waals surface area contributed by atoms with Crippen LogP contribution in [0.3, 0.4) is 0 Å². The van der Waals surface area contributed by atoms with E-state index >= 15 is 0 Å². The smallest absolute Gasteiger partial charge is 0.206 e. The second-order valence-electron chi connectivity index (χ2n) is 6.75. The van der Waals surface area contributed by atoms with Crippen molar-refractivity contribution < 1.29 is 0 Å². The summed E-state index contributed by atoms with van der Waals surface area (Å²) in [7, 11) is 0. The van der Waals surface area contributed by atoms with Crippen LogP contribution in [0.5, 0.6) is 0 Å². The first-order chi connectivity index (χ1) is 10.6. The van der Waals surface area contributed by atoms with E-state index in [2.05, 4.69) is 50.6 Å². The van der Waals surface area contributed by atoms with Crippen molar-refractivity contribution in [2.45, 2.75) is 68.2 Å². The van der Waals surface area contributed by atoms with Gasteiger partial charge in [-0.1, -0.05) is 24.6 Å². The number of hydrogen-bond acceptors (Lipinski definition) is 4. The highest BCUT2D eigenvalue weighted by molar-refractivity contribution is 9.10. The van der Waals surface area contributed by atoms with E-state index in [1.54, 1.807) is 4.88 Å². The SMILES string of the molecule is Cc1cc(-n2c(Br)nnc2SC2(C)CCCC2)sc1C1CC1. The molecule has 0 spiro atoms. The van der Waals surface area contributed by atoms with Crippen molar-refractivity contribution >= 4 is 39.0 Å². The molecule has 118 valence electrons. The van der Waals surface area contributed by atoms with Crippen LogP contribution in [0.25, 0.3) is 5.00 Å². The van der Waals surface area contributed by atoms with Gasteiger partial charge in [-0.2, -0.15) is 0 Å². The maximum atomic E-state index is 4.44. The maximum Gasteiger partial charge on any atom is 0.206 e. The zero-order chi connectivity index (χ0) is 15.3. The average Bonchev–Trinajstić information content (AvgIpc) is 2.97. The fourth-order valence-corrected chi connectivity index (χ4v) is 6.66. The molecule has 22 heavy (non-hydrogen) atoms. The Labute approximate surface area is 148 Å². The third-order valence-corrected chi connectivity index (χ3v) is 7.95. The molecule has 0 bridgehead atoms. The Kier molecular flexibility index (Phi) is 3.90. The zero-order valence-electron chi connectivity index (χ0n) is 12.9. The molecule has 0 aromatic carbocycles. The summed E-state index contributed by atoms with van der Waals surface area (Å²) in [6, 6.07) is 2.30. The molecule has 4 rings (SSSR count). The summed E-state index contributed by atoms with van der Waals surface area (Å²) < 4.78 is 3.33. The molecule has 2 saturated carbocycles. The molecule has 0 radical (unpaired) electrons. The van der Waals surface area contributed by atoms with Gasteiger partial charge in [-0.15, -0.1) is 21.5 Å². The first-order valence-electron chi connectivity index (χ1n) is 7.96. The molecule has 0 unspecified atom stereocenters. The molecule has 0 aliphatic heterocycles. The summed E-state index contributed by atoms with van der Waals surface area (Å²) in [5, 5.41) is 11.0. The van der Waals surface area contributed by atoms with Crippen LogP contribution >= 0.6 is 39.0 Å². The summed E-state index contributed by atoms with van der Waals surface area (Å²) in [6.45, 7) is 4.60. The van der Waals surface area contributed by atoms with Crippen molar-refractivity contribution in [2.24, 2.45) is 0 Å². The van der Waals surface area contributed by atoms with Crippen molar-refractivity contribution in [3.8, 4) is 5.00 Å². The molecule has 2 heterocycles. The number of rotatable bonds is 4. The van der Waals surface area contributed by atoms with Crippen LogP contribution in [0, 0.1) is 6.92 Å². The summed E-state index contributed by atoms with van der Waals surface area (Å²) in [5.74, 6) is 0.803. The average molecular weight is 398 g/mol. The standard InChI is InChI=1S/C16H20BrN3S2/c1-10-9-12(21-13(10)11-5-6-11)20-14(17)18-19-15(20)22-16(2)7-3-4-8-16/h9,11H,3-8H2,1-2H3. The quantitative estimate of drug-likeness (QED) is 0.662. The van der Waals surface area contributed by atoms with Gasteiger partial charge in [0, 0.05) is 9.62 Å². The topological polar surface area (TPSA) is 30.7 Å². The fraction of sp³-hybridized carbons (Fsp3) is 0.625. The highest BCUT2D eigenvalue weighted by Crippen LogP contribution is 2.48. The summed E-state index contributed by atoms with van der Waals surface area (Å²) in [5.41, 5.74) is 1.42. The lowest BCUT2D eigenvalue weighted by molar-refractivity contribution is 0.666. The molecular weight excluding hydrogens is 378 g/mol. The molecule has 0 amide bonds. The monoisotopic (exact) mass is 397 g/mol. The van der Waals surface area contributed by atoms with E-state index < -0.39 is 0 Å². The van der Waals surface area contributed by atoms with Gasteiger partial charge >= 0.3 is 0 Å². The lowest BCUT2D eigenvalue weighted by atomic mass is 10.1. The molecule has 2 fully saturated rings. The Morgan fingerprint density at radius 1 is 1.32 bits per heavy atom. The minimum atomic E-state index is 0.315. The predicted molar refractivity (Wildman–Crippen MR) is 96.4 cm³/mol. The lowest BCUT2D eigenvalue weighted by Crippen LogP contribution is -2.15. The van der Waals surface area contributed by atoms with Gasteiger partial charge in [0.05, 0.1) is 0 Å². The molecule has 0 N–H and O–H groups in total. The highest BCUT2D eigenvalue weighted by Gasteiger charge is 2.33. The van der Waals surface area contributed by atoms with Crippen molar-refractivity contribution in [2.75, 3.05) is 0 Å². The summed E-state index contributed by atoms with van der Waals surface area (Å²) in [6.07, 6.45) is 7.93. The van der Waals surface area contributed by atoms with Crippen LogP contribution in [-0.4, -0.2) is 19.5 Å². The van der Waals surface area contributed by atoms with Crippen LogP contribution < -0.4 is 0 Å². The van der Waals surface area contributed by atoms with Gasteiger partial charge in [0.1, 0.15) is 5.00 Å². The molecule has 2 aliphatic rings. The van der Waals surface area contributed by atoms with Gasteiger partial charge in [0.2, 0.25) is 4.73 Å². The third-order valence-electron chi connectivity index (χ3n) is 4.70. The van der Waals surface area contributed by atoms with E-state index in [1.165, 1.54) is 49.1 Å². The fourth-order valence-electron chi connectivity index (χ4n) is 3.29. The molecule has 6 heteroatoms. The molecule has 3 nitrogen and oxygen atoms in total. The van der Waals surface area contributed by atoms with Crippen LogP contribution in [0.4, 0.5) is 0 Å². The number of nitrogens with zero attached hydrogens (tertiary/aromatic N) is 3. The Hall–Kier alpha value is -0.330. The maximum absolute atomic E-state index is 4.44. The minimum absolute atomic E-state index is 0.315. The van der Waals surface area contributed by atoms with Gasteiger partial charge in [-0.3, -0.25) is 4.57 Å². The third kappa shape index (κ3) is 2.78. The largest absolute Gasteiger partial charge is 0.255 e. The van der Waals surface area contributed by atoms with Crippen LogP contribution in [0.15, 0.2) is 16.0 Å². The van der Waals surface area contributed by atoms with E-state index in [4.69, 9.17) is 0 Å². The number of thioether (sulfide) groups is 1. The Bertz CT molecular complexity index is 696. The molecule has 2 aromatic rings. The van der Waals surface area contributed by atoms with Crippen LogP contribution in [-0.2, 0) is 0 Å². The predicted octanol–water partition coefficient (Wildman–Crippen LogP) is 5.70. The normalized spacial score (nSPS) is 20.7. The number of aromatic nitrogens is 3. The Morgan fingerprint density at radius 2 is 2.05 bits per heavy atom. The zero-order valence-corrected chi connectivity index (χ0v) is 16.2. The molecule has 0 atom stereocenters. The lowest BCUT2D eigenvalue weighted by Gasteiger charge is -2.21. The summed E-state index contributed by atoms with van der Waals surface area (Å²) in [4.78, 5) is 1.55. The number of thiophene rings is 1. The van der Waals surface area contributed by atoms with Crippen LogP contribution in [0.2, 0.25) is 0 Å². The van der Waals surface area contributed by atoms with Gasteiger partial charge < -0.3 is 0 Å². The van der Waals surface area contributed by atoms with Crippen LogP contribution in [0.1, 0.15) is 61.8 Å². The van der Waals surface area contributed by atoms with Gasteiger partial charge in [0.25, 0.3) is 0 Å². The van der Waals surface area contributed by atoms with E-state index in [0.29, 0.717) is 4.75 Å². The first-order valence-corrected chi connectivity index (χ1v) is 10.4. The van der Waals surface area contributed by atoms with Gasteiger partial charge in [-0.05, 0) is 73.0 Å². The van der Waals surface area contributed by atoms with E-state index in [0.717, 1.165) is 15.8 Å². The van der Waals surface area contributed by atoms with E-state index in [9.17, 15) is 0 Å². The molecular formula is C16H20BrN3S2. The molecule has 2 aromatic heterocycles. The van der Waals surface area contributed by atoms with Crippen molar-refractivity contribution in [3.05, 3.63) is 21.2 Å².